The summed E-state index contributed by atoms with van der Waals surface area (Å²) in [7, 11) is 0. The molecule has 128 valence electrons. The topological polar surface area (TPSA) is 102 Å². The average molecular weight is 347 g/mol. The molecule has 26 heavy (non-hydrogen) atoms. The van der Waals surface area contributed by atoms with Crippen molar-refractivity contribution in [2.24, 2.45) is 5.16 Å². The van der Waals surface area contributed by atoms with Gasteiger partial charge in [0.15, 0.2) is 0 Å². The number of nitro benzene ring substituents is 1. The molecular weight excluding hydrogens is 334 g/mol. The second-order valence-corrected chi connectivity index (χ2v) is 5.29. The normalized spacial score (nSPS) is 10.6. The summed E-state index contributed by atoms with van der Waals surface area (Å²) in [5.74, 6) is 1.02. The molecule has 0 saturated heterocycles. The minimum absolute atomic E-state index is 0.00177. The van der Waals surface area contributed by atoms with Gasteiger partial charge >= 0.3 is 0 Å². The molecule has 1 heterocycles. The highest BCUT2D eigenvalue weighted by Gasteiger charge is 2.08. The number of hydrogen-bond acceptors (Lipinski definition) is 6. The lowest BCUT2D eigenvalue weighted by Crippen LogP contribution is -1.92. The number of hydrogen-bond donors (Lipinski definition) is 0. The summed E-state index contributed by atoms with van der Waals surface area (Å²) in [5, 5.41) is 23.7. The number of benzene rings is 2. The highest BCUT2D eigenvalue weighted by atomic mass is 16.6. The van der Waals surface area contributed by atoms with Gasteiger partial charge in [-0.15, -0.1) is 0 Å². The Bertz CT molecular complexity index is 1000. The lowest BCUT2D eigenvalue weighted by Gasteiger charge is -2.00. The van der Waals surface area contributed by atoms with Crippen LogP contribution in [0.25, 0.3) is 11.3 Å². The third kappa shape index (κ3) is 3.94. The Morgan fingerprint density at radius 2 is 2.04 bits per heavy atom. The molecule has 0 N–H and O–H groups in total. The lowest BCUT2D eigenvalue weighted by atomic mass is 10.1. The summed E-state index contributed by atoms with van der Waals surface area (Å²) < 4.78 is 5.65. The second kappa shape index (κ2) is 7.77. The van der Waals surface area contributed by atoms with Crippen LogP contribution in [-0.4, -0.2) is 11.1 Å². The fourth-order valence-corrected chi connectivity index (χ4v) is 2.32. The molecule has 0 aliphatic carbocycles. The summed E-state index contributed by atoms with van der Waals surface area (Å²) in [6, 6.07) is 18.9. The Morgan fingerprint density at radius 1 is 1.19 bits per heavy atom. The Kier molecular flexibility index (Phi) is 5.05. The first-order valence-electron chi connectivity index (χ1n) is 7.65. The molecule has 3 rings (SSSR count). The van der Waals surface area contributed by atoms with Crippen molar-refractivity contribution in [2.75, 3.05) is 0 Å². The third-order valence-corrected chi connectivity index (χ3v) is 3.55. The van der Waals surface area contributed by atoms with E-state index < -0.39 is 4.92 Å². The van der Waals surface area contributed by atoms with Crippen molar-refractivity contribution in [1.29, 1.82) is 5.26 Å². The number of oxime groups is 1. The minimum atomic E-state index is -0.462. The van der Waals surface area contributed by atoms with Gasteiger partial charge < -0.3 is 9.25 Å². The number of rotatable bonds is 6. The van der Waals surface area contributed by atoms with Gasteiger partial charge in [0.25, 0.3) is 5.69 Å². The smallest absolute Gasteiger partial charge is 0.269 e. The van der Waals surface area contributed by atoms with Crippen LogP contribution < -0.4 is 0 Å². The SMILES string of the molecule is N#Cc1ccccc1-c1ccc(/C=N\OCc2cccc([N+](=O)[O-])c2)o1. The molecular formula is C19H13N3O4. The van der Waals surface area contributed by atoms with Crippen LogP contribution in [0.4, 0.5) is 5.69 Å². The van der Waals surface area contributed by atoms with Gasteiger partial charge in [0, 0.05) is 17.7 Å². The second-order valence-electron chi connectivity index (χ2n) is 5.29. The molecule has 2 aromatic carbocycles. The van der Waals surface area contributed by atoms with Crippen LogP contribution in [0.2, 0.25) is 0 Å². The van der Waals surface area contributed by atoms with Gasteiger partial charge in [-0.1, -0.05) is 29.4 Å². The van der Waals surface area contributed by atoms with E-state index in [1.54, 1.807) is 42.5 Å². The van der Waals surface area contributed by atoms with Crippen molar-refractivity contribution in [1.82, 2.24) is 0 Å². The summed E-state index contributed by atoms with van der Waals surface area (Å²) in [5.41, 5.74) is 1.86. The Morgan fingerprint density at radius 3 is 2.85 bits per heavy atom. The van der Waals surface area contributed by atoms with E-state index in [9.17, 15) is 10.1 Å². The maximum absolute atomic E-state index is 10.7. The van der Waals surface area contributed by atoms with E-state index in [1.807, 2.05) is 6.07 Å². The van der Waals surface area contributed by atoms with Crippen molar-refractivity contribution in [3.05, 3.63) is 87.7 Å². The molecule has 7 nitrogen and oxygen atoms in total. The molecule has 0 amide bonds. The first kappa shape index (κ1) is 16.9. The predicted molar refractivity (Wildman–Crippen MR) is 94.3 cm³/mol. The number of nitro groups is 1. The predicted octanol–water partition coefficient (Wildman–Crippen LogP) is 4.28. The van der Waals surface area contributed by atoms with E-state index in [4.69, 9.17) is 14.5 Å². The zero-order valence-corrected chi connectivity index (χ0v) is 13.5. The van der Waals surface area contributed by atoms with Crippen molar-refractivity contribution >= 4 is 11.9 Å². The zero-order chi connectivity index (χ0) is 18.4. The monoisotopic (exact) mass is 347 g/mol. The van der Waals surface area contributed by atoms with E-state index >= 15 is 0 Å². The maximum Gasteiger partial charge on any atom is 0.269 e. The van der Waals surface area contributed by atoms with Gasteiger partial charge in [0.05, 0.1) is 16.6 Å². The van der Waals surface area contributed by atoms with E-state index in [2.05, 4.69) is 11.2 Å². The van der Waals surface area contributed by atoms with Gasteiger partial charge in [-0.25, -0.2) is 0 Å². The van der Waals surface area contributed by atoms with Crippen LogP contribution in [-0.2, 0) is 11.4 Å². The molecule has 1 aromatic heterocycles. The third-order valence-electron chi connectivity index (χ3n) is 3.55. The molecule has 0 fully saturated rings. The van der Waals surface area contributed by atoms with Gasteiger partial charge in [-0.05, 0) is 29.8 Å². The van der Waals surface area contributed by atoms with E-state index in [-0.39, 0.29) is 12.3 Å². The first-order valence-corrected chi connectivity index (χ1v) is 7.65. The van der Waals surface area contributed by atoms with Crippen LogP contribution in [0, 0.1) is 21.4 Å². The zero-order valence-electron chi connectivity index (χ0n) is 13.5. The number of non-ortho nitro benzene ring substituents is 1. The first-order chi connectivity index (χ1) is 12.7. The van der Waals surface area contributed by atoms with Crippen LogP contribution in [0.5, 0.6) is 0 Å². The highest BCUT2D eigenvalue weighted by molar-refractivity contribution is 5.77. The van der Waals surface area contributed by atoms with Crippen molar-refractivity contribution in [2.45, 2.75) is 6.61 Å². The Hall–Kier alpha value is -3.92. The summed E-state index contributed by atoms with van der Waals surface area (Å²) in [6.45, 7) is 0.100. The summed E-state index contributed by atoms with van der Waals surface area (Å²) >= 11 is 0. The Labute approximate surface area is 148 Å². The molecule has 3 aromatic rings. The van der Waals surface area contributed by atoms with Crippen LogP contribution >= 0.6 is 0 Å². The minimum Gasteiger partial charge on any atom is -0.455 e. The van der Waals surface area contributed by atoms with Crippen molar-refractivity contribution in [3.63, 3.8) is 0 Å². The van der Waals surface area contributed by atoms with E-state index in [0.29, 0.717) is 28.2 Å². The molecule has 0 unspecified atom stereocenters. The summed E-state index contributed by atoms with van der Waals surface area (Å²) in [4.78, 5) is 15.4. The van der Waals surface area contributed by atoms with Gasteiger partial charge in [-0.2, -0.15) is 5.26 Å². The molecule has 0 spiro atoms. The highest BCUT2D eigenvalue weighted by Crippen LogP contribution is 2.24. The molecule has 0 radical (unpaired) electrons. The molecule has 0 aliphatic heterocycles. The molecule has 7 heteroatoms. The number of nitrogens with zero attached hydrogens (tertiary/aromatic N) is 3. The van der Waals surface area contributed by atoms with Crippen LogP contribution in [0.1, 0.15) is 16.9 Å². The van der Waals surface area contributed by atoms with E-state index in [1.165, 1.54) is 18.3 Å². The maximum atomic E-state index is 10.7. The lowest BCUT2D eigenvalue weighted by molar-refractivity contribution is -0.384. The number of nitriles is 1. The molecule has 0 aliphatic rings. The quantitative estimate of drug-likeness (QED) is 0.376. The van der Waals surface area contributed by atoms with Crippen molar-refractivity contribution < 1.29 is 14.2 Å². The molecule has 0 atom stereocenters. The molecule has 0 bridgehead atoms. The Balaban J connectivity index is 1.64. The standard InChI is InChI=1S/C19H13N3O4/c20-11-15-5-1-2-7-18(15)19-9-8-17(26-19)12-21-25-13-14-4-3-6-16(10-14)22(23)24/h1-10,12H,13H2/b21-12-. The largest absolute Gasteiger partial charge is 0.455 e. The number of furan rings is 1. The van der Waals surface area contributed by atoms with Gasteiger partial charge in [0.1, 0.15) is 24.3 Å². The fraction of sp³-hybridized carbons (Fsp3) is 0.0526. The van der Waals surface area contributed by atoms with Crippen LogP contribution in [0.15, 0.2) is 70.2 Å². The van der Waals surface area contributed by atoms with Gasteiger partial charge in [0.2, 0.25) is 0 Å². The summed E-state index contributed by atoms with van der Waals surface area (Å²) in [6.07, 6.45) is 1.40. The molecule has 0 saturated carbocycles. The van der Waals surface area contributed by atoms with Crippen molar-refractivity contribution in [3.8, 4) is 17.4 Å². The van der Waals surface area contributed by atoms with Crippen LogP contribution in [0.3, 0.4) is 0 Å². The van der Waals surface area contributed by atoms with Gasteiger partial charge in [-0.3, -0.25) is 10.1 Å². The fourth-order valence-electron chi connectivity index (χ4n) is 2.32. The van der Waals surface area contributed by atoms with E-state index in [0.717, 1.165) is 0 Å². The average Bonchev–Trinajstić information content (AvgIpc) is 3.14.